The molecule has 1 atom stereocenters. The summed E-state index contributed by atoms with van der Waals surface area (Å²) in [7, 11) is 0. The molecular weight excluding hydrogens is 328 g/mol. The van der Waals surface area contributed by atoms with E-state index in [1.807, 2.05) is 43.9 Å². The van der Waals surface area contributed by atoms with Crippen LogP contribution in [0.2, 0.25) is 0 Å². The van der Waals surface area contributed by atoms with E-state index in [4.69, 9.17) is 0 Å². The molecule has 0 bridgehead atoms. The van der Waals surface area contributed by atoms with Crippen LogP contribution in [0, 0.1) is 5.41 Å². The lowest BCUT2D eigenvalue weighted by atomic mass is 9.96. The highest BCUT2D eigenvalue weighted by Gasteiger charge is 2.26. The second kappa shape index (κ2) is 9.67. The summed E-state index contributed by atoms with van der Waals surface area (Å²) >= 11 is 0. The molecule has 2 amide bonds. The van der Waals surface area contributed by atoms with E-state index in [1.54, 1.807) is 6.20 Å². The molecule has 1 unspecified atom stereocenters. The van der Waals surface area contributed by atoms with E-state index in [2.05, 4.69) is 15.6 Å². The normalized spacial score (nSPS) is 18.0. The predicted octanol–water partition coefficient (Wildman–Crippen LogP) is 2.10. The van der Waals surface area contributed by atoms with Gasteiger partial charge in [-0.3, -0.25) is 14.6 Å². The van der Waals surface area contributed by atoms with Gasteiger partial charge in [0.2, 0.25) is 11.8 Å². The molecule has 1 saturated heterocycles. The number of hydrogen-bond acceptors (Lipinski definition) is 4. The van der Waals surface area contributed by atoms with E-state index in [1.165, 1.54) is 0 Å². The van der Waals surface area contributed by atoms with Gasteiger partial charge < -0.3 is 15.5 Å². The Labute approximate surface area is 156 Å². The van der Waals surface area contributed by atoms with E-state index >= 15 is 0 Å². The molecular formula is C20H32N4O2. The summed E-state index contributed by atoms with van der Waals surface area (Å²) in [4.78, 5) is 31.3. The monoisotopic (exact) mass is 360 g/mol. The molecule has 1 aliphatic heterocycles. The van der Waals surface area contributed by atoms with Gasteiger partial charge in [0.25, 0.3) is 0 Å². The van der Waals surface area contributed by atoms with Crippen molar-refractivity contribution in [2.24, 2.45) is 5.41 Å². The van der Waals surface area contributed by atoms with Crippen molar-refractivity contribution in [3.05, 3.63) is 30.1 Å². The molecule has 0 aromatic carbocycles. The fourth-order valence-electron chi connectivity index (χ4n) is 3.09. The summed E-state index contributed by atoms with van der Waals surface area (Å²) < 4.78 is 0. The largest absolute Gasteiger partial charge is 0.355 e. The highest BCUT2D eigenvalue weighted by molar-refractivity contribution is 5.82. The van der Waals surface area contributed by atoms with Crippen molar-refractivity contribution in [3.8, 4) is 0 Å². The fourth-order valence-corrected chi connectivity index (χ4v) is 3.09. The van der Waals surface area contributed by atoms with Crippen molar-refractivity contribution in [3.63, 3.8) is 0 Å². The molecule has 2 rings (SSSR count). The number of amides is 2. The van der Waals surface area contributed by atoms with Gasteiger partial charge in [0, 0.05) is 30.6 Å². The lowest BCUT2D eigenvalue weighted by Crippen LogP contribution is -2.43. The number of aromatic nitrogens is 1. The zero-order chi connectivity index (χ0) is 19.0. The first-order valence-electron chi connectivity index (χ1n) is 9.56. The van der Waals surface area contributed by atoms with Gasteiger partial charge in [-0.25, -0.2) is 0 Å². The summed E-state index contributed by atoms with van der Waals surface area (Å²) in [5.74, 6) is 0.0528. The second-order valence-electron chi connectivity index (χ2n) is 7.93. The molecule has 144 valence electrons. The van der Waals surface area contributed by atoms with E-state index in [0.717, 1.165) is 38.0 Å². The maximum absolute atomic E-state index is 12.9. The lowest BCUT2D eigenvalue weighted by Gasteiger charge is -2.31. The Morgan fingerprint density at radius 2 is 2.08 bits per heavy atom. The average molecular weight is 361 g/mol. The quantitative estimate of drug-likeness (QED) is 0.815. The minimum absolute atomic E-state index is 0.0276. The molecule has 0 spiro atoms. The minimum atomic E-state index is -0.441. The first kappa shape index (κ1) is 20.4. The number of carbonyl (C=O) groups is 2. The number of nitrogens with zero attached hydrogens (tertiary/aromatic N) is 2. The van der Waals surface area contributed by atoms with Crippen molar-refractivity contribution in [2.75, 3.05) is 19.6 Å². The zero-order valence-electron chi connectivity index (χ0n) is 16.3. The summed E-state index contributed by atoms with van der Waals surface area (Å²) in [5.41, 5.74) is 0.459. The number of pyridine rings is 1. The SMILES string of the molecule is CC(C)(C)C(=O)NCCC(=O)N(Cc1ccccn1)C1CCCNCC1. The van der Waals surface area contributed by atoms with Gasteiger partial charge in [0.15, 0.2) is 0 Å². The maximum Gasteiger partial charge on any atom is 0.225 e. The Bertz CT molecular complexity index is 575. The average Bonchev–Trinajstić information content (AvgIpc) is 2.88. The van der Waals surface area contributed by atoms with Crippen LogP contribution in [0.3, 0.4) is 0 Å². The predicted molar refractivity (Wildman–Crippen MR) is 102 cm³/mol. The first-order valence-corrected chi connectivity index (χ1v) is 9.56. The van der Waals surface area contributed by atoms with Gasteiger partial charge in [-0.1, -0.05) is 26.8 Å². The second-order valence-corrected chi connectivity index (χ2v) is 7.93. The van der Waals surface area contributed by atoms with Gasteiger partial charge >= 0.3 is 0 Å². The molecule has 1 aliphatic rings. The highest BCUT2D eigenvalue weighted by atomic mass is 16.2. The van der Waals surface area contributed by atoms with E-state index in [-0.39, 0.29) is 17.9 Å². The number of nitrogens with one attached hydrogen (secondary N) is 2. The number of hydrogen-bond donors (Lipinski definition) is 2. The van der Waals surface area contributed by atoms with Gasteiger partial charge in [-0.15, -0.1) is 0 Å². The van der Waals surface area contributed by atoms with Crippen LogP contribution in [0.15, 0.2) is 24.4 Å². The van der Waals surface area contributed by atoms with Gasteiger partial charge in [0.1, 0.15) is 0 Å². The van der Waals surface area contributed by atoms with Crippen LogP contribution in [0.25, 0.3) is 0 Å². The molecule has 26 heavy (non-hydrogen) atoms. The van der Waals surface area contributed by atoms with E-state index < -0.39 is 5.41 Å². The Kier molecular flexibility index (Phi) is 7.57. The van der Waals surface area contributed by atoms with Crippen LogP contribution >= 0.6 is 0 Å². The van der Waals surface area contributed by atoms with Crippen molar-refractivity contribution >= 4 is 11.8 Å². The molecule has 2 heterocycles. The molecule has 6 nitrogen and oxygen atoms in total. The van der Waals surface area contributed by atoms with Gasteiger partial charge in [0.05, 0.1) is 12.2 Å². The Balaban J connectivity index is 1.99. The molecule has 1 aromatic heterocycles. The smallest absolute Gasteiger partial charge is 0.225 e. The first-order chi connectivity index (χ1) is 12.4. The molecule has 1 aromatic rings. The minimum Gasteiger partial charge on any atom is -0.355 e. The fraction of sp³-hybridized carbons (Fsp3) is 0.650. The topological polar surface area (TPSA) is 74.3 Å². The third kappa shape index (κ3) is 6.41. The Hall–Kier alpha value is -1.95. The van der Waals surface area contributed by atoms with E-state index in [9.17, 15) is 9.59 Å². The Morgan fingerprint density at radius 3 is 2.77 bits per heavy atom. The van der Waals surface area contributed by atoms with Gasteiger partial charge in [-0.2, -0.15) is 0 Å². The number of rotatable bonds is 6. The molecule has 0 saturated carbocycles. The summed E-state index contributed by atoms with van der Waals surface area (Å²) in [6, 6.07) is 6.00. The third-order valence-electron chi connectivity index (χ3n) is 4.67. The van der Waals surface area contributed by atoms with Crippen LogP contribution in [-0.2, 0) is 16.1 Å². The highest BCUT2D eigenvalue weighted by Crippen LogP contribution is 2.18. The summed E-state index contributed by atoms with van der Waals surface area (Å²) in [6.45, 7) is 8.44. The maximum atomic E-state index is 12.9. The molecule has 1 fully saturated rings. The zero-order valence-corrected chi connectivity index (χ0v) is 16.3. The number of carbonyl (C=O) groups excluding carboxylic acids is 2. The molecule has 0 aliphatic carbocycles. The van der Waals surface area contributed by atoms with Crippen LogP contribution in [0.5, 0.6) is 0 Å². The lowest BCUT2D eigenvalue weighted by molar-refractivity contribution is -0.134. The molecule has 0 radical (unpaired) electrons. The summed E-state index contributed by atoms with van der Waals surface area (Å²) in [6.07, 6.45) is 5.10. The van der Waals surface area contributed by atoms with E-state index in [0.29, 0.717) is 19.5 Å². The van der Waals surface area contributed by atoms with Crippen LogP contribution in [-0.4, -0.2) is 47.4 Å². The van der Waals surface area contributed by atoms with Crippen LogP contribution < -0.4 is 10.6 Å². The molecule has 6 heteroatoms. The van der Waals surface area contributed by atoms with Crippen LogP contribution in [0.4, 0.5) is 0 Å². The van der Waals surface area contributed by atoms with Gasteiger partial charge in [-0.05, 0) is 44.5 Å². The molecule has 2 N–H and O–H groups in total. The van der Waals surface area contributed by atoms with Crippen molar-refractivity contribution in [2.45, 2.75) is 59.0 Å². The standard InChI is InChI=1S/C20H32N4O2/c1-20(2,3)19(26)23-14-10-18(25)24(15-16-7-4-5-12-22-16)17-8-6-11-21-13-9-17/h4-5,7,12,17,21H,6,8-11,13-15H2,1-3H3,(H,23,26). The van der Waals surface area contributed by atoms with Crippen molar-refractivity contribution < 1.29 is 9.59 Å². The van der Waals surface area contributed by atoms with Crippen molar-refractivity contribution in [1.29, 1.82) is 0 Å². The Morgan fingerprint density at radius 1 is 1.27 bits per heavy atom. The van der Waals surface area contributed by atoms with Crippen LogP contribution in [0.1, 0.15) is 52.1 Å². The third-order valence-corrected chi connectivity index (χ3v) is 4.67. The van der Waals surface area contributed by atoms with Crippen molar-refractivity contribution in [1.82, 2.24) is 20.5 Å². The summed E-state index contributed by atoms with van der Waals surface area (Å²) in [5, 5.41) is 6.27.